The van der Waals surface area contributed by atoms with E-state index in [1.807, 2.05) is 87.5 Å². The van der Waals surface area contributed by atoms with E-state index in [2.05, 4.69) is 4.72 Å². The zero-order valence-corrected chi connectivity index (χ0v) is 23.5. The van der Waals surface area contributed by atoms with Gasteiger partial charge in [-0.2, -0.15) is 0 Å². The van der Waals surface area contributed by atoms with Crippen LogP contribution in [-0.4, -0.2) is 28.6 Å². The molecule has 0 fully saturated rings. The van der Waals surface area contributed by atoms with Gasteiger partial charge in [0.2, 0.25) is 0 Å². The molecule has 2 atom stereocenters. The predicted octanol–water partition coefficient (Wildman–Crippen LogP) is 6.85. The minimum atomic E-state index is -1.42. The monoisotopic (exact) mass is 551 g/mol. The zero-order valence-electron chi connectivity index (χ0n) is 22.7. The normalized spacial score (nSPS) is 13.3. The van der Waals surface area contributed by atoms with E-state index in [9.17, 15) is 13.7 Å². The Morgan fingerprint density at radius 2 is 1.90 bits per heavy atom. The molecule has 4 aromatic rings. The maximum Gasteiger partial charge on any atom is 0.310 e. The van der Waals surface area contributed by atoms with E-state index in [0.717, 1.165) is 27.6 Å². The van der Waals surface area contributed by atoms with Crippen LogP contribution in [-0.2, 0) is 33.9 Å². The molecule has 8 heteroatoms. The van der Waals surface area contributed by atoms with Crippen molar-refractivity contribution in [2.45, 2.75) is 51.5 Å². The van der Waals surface area contributed by atoms with Gasteiger partial charge < -0.3 is 18.4 Å². The van der Waals surface area contributed by atoms with Gasteiger partial charge in [0.1, 0.15) is 35.4 Å². The van der Waals surface area contributed by atoms with Crippen LogP contribution in [0.2, 0.25) is 0 Å². The molecular weight excluding hydrogens is 517 g/mol. The number of furan rings is 1. The van der Waals surface area contributed by atoms with Gasteiger partial charge in [-0.3, -0.25) is 4.79 Å². The number of hydrogen-bond donors (Lipinski definition) is 1. The number of fused-ring (bicyclic) bond motifs is 1. The van der Waals surface area contributed by atoms with E-state index in [1.165, 1.54) is 0 Å². The molecule has 0 amide bonds. The molecule has 0 unspecified atom stereocenters. The third-order valence-corrected chi connectivity index (χ3v) is 7.79. The van der Waals surface area contributed by atoms with Crippen LogP contribution < -0.4 is 9.46 Å². The van der Waals surface area contributed by atoms with E-state index in [-0.39, 0.29) is 19.0 Å². The van der Waals surface area contributed by atoms with Gasteiger partial charge in [0.05, 0.1) is 19.3 Å². The summed E-state index contributed by atoms with van der Waals surface area (Å²) in [6.07, 6.45) is 1.77. The Balaban J connectivity index is 1.61. The molecule has 3 aromatic carbocycles. The Hall–Kier alpha value is -3.33. The van der Waals surface area contributed by atoms with Crippen LogP contribution in [0, 0.1) is 0 Å². The first kappa shape index (κ1) is 28.7. The molecule has 0 aliphatic rings. The second-order valence-corrected chi connectivity index (χ2v) is 12.2. The van der Waals surface area contributed by atoms with Crippen molar-refractivity contribution >= 4 is 28.3 Å². The summed E-state index contributed by atoms with van der Waals surface area (Å²) >= 11 is -1.42. The molecule has 1 aromatic heterocycles. The molecule has 0 bridgehead atoms. The fourth-order valence-corrected chi connectivity index (χ4v) is 4.99. The molecule has 0 aliphatic heterocycles. The average Bonchev–Trinajstić information content (AvgIpc) is 3.39. The van der Waals surface area contributed by atoms with Gasteiger partial charge in [-0.25, -0.2) is 4.39 Å². The highest BCUT2D eigenvalue weighted by Crippen LogP contribution is 2.33. The Morgan fingerprint density at radius 3 is 2.64 bits per heavy atom. The number of carbonyl (C=O) groups excluding carboxylic acids is 1. The Kier molecular flexibility index (Phi) is 9.32. The van der Waals surface area contributed by atoms with Crippen molar-refractivity contribution in [1.29, 1.82) is 0 Å². The Morgan fingerprint density at radius 1 is 1.10 bits per heavy atom. The van der Waals surface area contributed by atoms with Crippen LogP contribution in [0.1, 0.15) is 50.4 Å². The van der Waals surface area contributed by atoms with Gasteiger partial charge in [-0.15, -0.1) is 4.72 Å². The number of benzene rings is 3. The summed E-state index contributed by atoms with van der Waals surface area (Å²) in [6.45, 7) is 7.22. The van der Waals surface area contributed by atoms with Crippen molar-refractivity contribution in [2.24, 2.45) is 0 Å². The zero-order chi connectivity index (χ0) is 28.0. The molecule has 4 rings (SSSR count). The van der Waals surface area contributed by atoms with E-state index in [4.69, 9.17) is 13.9 Å². The molecule has 0 radical (unpaired) electrons. The lowest BCUT2D eigenvalue weighted by Gasteiger charge is -2.27. The maximum atomic E-state index is 14.0. The number of carbonyl (C=O) groups is 1. The number of ether oxygens (including phenoxy) is 2. The van der Waals surface area contributed by atoms with Gasteiger partial charge in [0.25, 0.3) is 0 Å². The standard InChI is InChI=1S/C31H34FNO5S/c1-5-36-29(34)18-24-9-6-7-12-28(24)38-20-21-15-25-13-14-37-30(25)26(16-21)22-10-8-11-23(17-22)27(19-32)33-39(35)31(2,3)4/h6-17,27,33H,5,18-20H2,1-4H3/t27-,39+/m1/s1. The van der Waals surface area contributed by atoms with Crippen molar-refractivity contribution in [3.05, 3.63) is 89.7 Å². The van der Waals surface area contributed by atoms with Crippen LogP contribution in [0.4, 0.5) is 4.39 Å². The van der Waals surface area contributed by atoms with Crippen molar-refractivity contribution in [3.8, 4) is 16.9 Å². The topological polar surface area (TPSA) is 83.8 Å². The van der Waals surface area contributed by atoms with Crippen molar-refractivity contribution in [2.75, 3.05) is 13.3 Å². The molecule has 39 heavy (non-hydrogen) atoms. The van der Waals surface area contributed by atoms with Gasteiger partial charge in [-0.1, -0.05) is 36.4 Å². The van der Waals surface area contributed by atoms with Gasteiger partial charge in [0.15, 0.2) is 0 Å². The SMILES string of the molecule is CCOC(=O)Cc1ccccc1OCc1cc(-c2cccc([C@@H](CF)N[S@@+]([O-])C(C)(C)C)c2)c2occc2c1. The summed E-state index contributed by atoms with van der Waals surface area (Å²) in [5.74, 6) is 0.313. The fraction of sp³-hybridized carbons (Fsp3) is 0.323. The quantitative estimate of drug-likeness (QED) is 0.162. The van der Waals surface area contributed by atoms with Crippen LogP contribution in [0.3, 0.4) is 0 Å². The Labute approximate surface area is 231 Å². The van der Waals surface area contributed by atoms with Crippen molar-refractivity contribution in [1.82, 2.24) is 4.72 Å². The summed E-state index contributed by atoms with van der Waals surface area (Å²) in [7, 11) is 0. The predicted molar refractivity (Wildman–Crippen MR) is 153 cm³/mol. The number of alkyl halides is 1. The maximum absolute atomic E-state index is 14.0. The summed E-state index contributed by atoms with van der Waals surface area (Å²) in [4.78, 5) is 12.0. The van der Waals surface area contributed by atoms with Gasteiger partial charge >= 0.3 is 5.97 Å². The highest BCUT2D eigenvalue weighted by atomic mass is 32.2. The average molecular weight is 552 g/mol. The third kappa shape index (κ3) is 7.20. The van der Waals surface area contributed by atoms with E-state index in [1.54, 1.807) is 13.2 Å². The molecule has 0 aliphatic carbocycles. The van der Waals surface area contributed by atoms with Gasteiger partial charge in [0, 0.05) is 27.9 Å². The first-order chi connectivity index (χ1) is 18.7. The van der Waals surface area contributed by atoms with Crippen LogP contribution >= 0.6 is 0 Å². The number of nitrogens with one attached hydrogen (secondary N) is 1. The van der Waals surface area contributed by atoms with Crippen molar-refractivity contribution in [3.63, 3.8) is 0 Å². The first-order valence-electron chi connectivity index (χ1n) is 12.9. The molecule has 0 spiro atoms. The molecule has 6 nitrogen and oxygen atoms in total. The summed E-state index contributed by atoms with van der Waals surface area (Å²) < 4.78 is 46.1. The van der Waals surface area contributed by atoms with Crippen molar-refractivity contribution < 1.29 is 27.6 Å². The minimum absolute atomic E-state index is 0.132. The molecule has 0 saturated heterocycles. The number of halogens is 1. The lowest BCUT2D eigenvalue weighted by Crippen LogP contribution is -2.41. The molecule has 0 saturated carbocycles. The smallest absolute Gasteiger partial charge is 0.310 e. The number of esters is 1. The largest absolute Gasteiger partial charge is 0.598 e. The van der Waals surface area contributed by atoms with Gasteiger partial charge in [-0.05, 0) is 74.7 Å². The summed E-state index contributed by atoms with van der Waals surface area (Å²) in [6, 6.07) is 20.1. The van der Waals surface area contributed by atoms with Crippen LogP contribution in [0.15, 0.2) is 77.4 Å². The highest BCUT2D eigenvalue weighted by molar-refractivity contribution is 7.90. The summed E-state index contributed by atoms with van der Waals surface area (Å²) in [5.41, 5.74) is 4.75. The lowest BCUT2D eigenvalue weighted by molar-refractivity contribution is -0.142. The Bertz CT molecular complexity index is 1410. The minimum Gasteiger partial charge on any atom is -0.598 e. The van der Waals surface area contributed by atoms with E-state index < -0.39 is 28.8 Å². The first-order valence-corrected chi connectivity index (χ1v) is 14.1. The van der Waals surface area contributed by atoms with Crippen LogP contribution in [0.25, 0.3) is 22.1 Å². The second kappa shape index (κ2) is 12.7. The number of para-hydroxylation sites is 1. The molecule has 206 valence electrons. The molecule has 1 heterocycles. The lowest BCUT2D eigenvalue weighted by atomic mass is 9.97. The van der Waals surface area contributed by atoms with E-state index in [0.29, 0.717) is 23.5 Å². The van der Waals surface area contributed by atoms with E-state index >= 15 is 0 Å². The second-order valence-electron chi connectivity index (χ2n) is 10.2. The fourth-order valence-electron chi connectivity index (χ4n) is 4.18. The third-order valence-electron chi connectivity index (χ3n) is 6.18. The summed E-state index contributed by atoms with van der Waals surface area (Å²) in [5, 5.41) is 0.908. The highest BCUT2D eigenvalue weighted by Gasteiger charge is 2.30. The number of hydrogen-bond acceptors (Lipinski definition) is 6. The van der Waals surface area contributed by atoms with Crippen LogP contribution in [0.5, 0.6) is 5.75 Å². The molecule has 1 N–H and O–H groups in total. The molecular formula is C31H34FNO5S. The number of rotatable bonds is 11.